The van der Waals surface area contributed by atoms with Crippen molar-refractivity contribution in [3.63, 3.8) is 0 Å². The summed E-state index contributed by atoms with van der Waals surface area (Å²) in [7, 11) is 0. The van der Waals surface area contributed by atoms with Crippen molar-refractivity contribution in [1.82, 2.24) is 14.8 Å². The fourth-order valence-electron chi connectivity index (χ4n) is 2.58. The van der Waals surface area contributed by atoms with Gasteiger partial charge in [-0.15, -0.1) is 28.5 Å². The lowest BCUT2D eigenvalue weighted by Crippen LogP contribution is -2.06. The van der Waals surface area contributed by atoms with Gasteiger partial charge in [-0.3, -0.25) is 4.79 Å². The van der Waals surface area contributed by atoms with Crippen LogP contribution in [0.4, 0.5) is 0 Å². The van der Waals surface area contributed by atoms with Gasteiger partial charge in [-0.2, -0.15) is 0 Å². The Bertz CT molecular complexity index is 1040. The molecule has 2 aromatic carbocycles. The van der Waals surface area contributed by atoms with E-state index in [1.54, 1.807) is 23.9 Å². The Labute approximate surface area is 202 Å². The summed E-state index contributed by atoms with van der Waals surface area (Å²) in [6.07, 6.45) is 1.80. The lowest BCUT2D eigenvalue weighted by Gasteiger charge is -2.08. The molecule has 0 radical (unpaired) electrons. The van der Waals surface area contributed by atoms with Gasteiger partial charge in [0.1, 0.15) is 5.82 Å². The third-order valence-corrected chi connectivity index (χ3v) is 7.32. The normalized spacial score (nSPS) is 10.9. The van der Waals surface area contributed by atoms with E-state index in [0.717, 1.165) is 21.6 Å². The second kappa shape index (κ2) is 11.4. The number of allylic oxidation sites excluding steroid dienone is 1. The first-order valence-electron chi connectivity index (χ1n) is 8.94. The summed E-state index contributed by atoms with van der Waals surface area (Å²) in [5.41, 5.74) is 1.77. The van der Waals surface area contributed by atoms with Gasteiger partial charge in [0.25, 0.3) is 0 Å². The van der Waals surface area contributed by atoms with Crippen LogP contribution in [0.25, 0.3) is 0 Å². The van der Waals surface area contributed by atoms with E-state index in [0.29, 0.717) is 38.8 Å². The first-order chi connectivity index (χ1) is 14.5. The van der Waals surface area contributed by atoms with E-state index in [4.69, 9.17) is 23.2 Å². The summed E-state index contributed by atoms with van der Waals surface area (Å²) in [5, 5.41) is 10.4. The zero-order valence-corrected chi connectivity index (χ0v) is 20.6. The molecule has 0 aliphatic carbocycles. The van der Waals surface area contributed by atoms with Crippen molar-refractivity contribution in [3.8, 4) is 0 Å². The predicted octanol–water partition coefficient (Wildman–Crippen LogP) is 6.94. The van der Waals surface area contributed by atoms with Gasteiger partial charge in [0.05, 0.1) is 21.6 Å². The largest absolute Gasteiger partial charge is 0.301 e. The Morgan fingerprint density at radius 3 is 2.57 bits per heavy atom. The molecule has 3 rings (SSSR count). The number of carbonyl (C=O) groups is 1. The molecule has 0 bridgehead atoms. The molecule has 9 heteroatoms. The molecule has 1 aromatic heterocycles. The second-order valence-electron chi connectivity index (χ2n) is 6.26. The van der Waals surface area contributed by atoms with Crippen molar-refractivity contribution in [2.75, 3.05) is 5.75 Å². The molecule has 0 amide bonds. The summed E-state index contributed by atoms with van der Waals surface area (Å²) in [6, 6.07) is 13.0. The number of hydrogen-bond acceptors (Lipinski definition) is 5. The van der Waals surface area contributed by atoms with Gasteiger partial charge in [0, 0.05) is 22.3 Å². The van der Waals surface area contributed by atoms with Crippen molar-refractivity contribution >= 4 is 68.4 Å². The number of aromatic nitrogens is 3. The number of carbonyl (C=O) groups excluding carboxylic acids is 1. The number of rotatable bonds is 10. The van der Waals surface area contributed by atoms with Gasteiger partial charge in [0.2, 0.25) is 0 Å². The van der Waals surface area contributed by atoms with Gasteiger partial charge < -0.3 is 4.57 Å². The van der Waals surface area contributed by atoms with Crippen LogP contribution < -0.4 is 0 Å². The summed E-state index contributed by atoms with van der Waals surface area (Å²) in [6.45, 7) is 4.41. The number of thioether (sulfide) groups is 2. The highest BCUT2D eigenvalue weighted by Crippen LogP contribution is 2.26. The van der Waals surface area contributed by atoms with Crippen LogP contribution >= 0.6 is 62.7 Å². The topological polar surface area (TPSA) is 47.8 Å². The number of ketones is 1. The minimum Gasteiger partial charge on any atom is -0.301 e. The third-order valence-electron chi connectivity index (χ3n) is 4.09. The first-order valence-corrected chi connectivity index (χ1v) is 12.6. The van der Waals surface area contributed by atoms with Crippen LogP contribution in [0, 0.1) is 0 Å². The van der Waals surface area contributed by atoms with Crippen molar-refractivity contribution in [3.05, 3.63) is 86.6 Å². The SMILES string of the molecule is C=CCn1c(CSCc2ccc(Cl)c(Cl)c2)nnc1SCC(=O)c1ccc(Br)cc1. The number of hydrogen-bond donors (Lipinski definition) is 0. The zero-order chi connectivity index (χ0) is 21.5. The molecule has 3 aromatic rings. The molecule has 0 unspecified atom stereocenters. The third kappa shape index (κ3) is 6.37. The number of halogens is 3. The lowest BCUT2D eigenvalue weighted by atomic mass is 10.2. The first kappa shape index (κ1) is 23.4. The van der Waals surface area contributed by atoms with Crippen LogP contribution in [0.3, 0.4) is 0 Å². The highest BCUT2D eigenvalue weighted by atomic mass is 79.9. The summed E-state index contributed by atoms with van der Waals surface area (Å²) in [4.78, 5) is 12.4. The summed E-state index contributed by atoms with van der Waals surface area (Å²) < 4.78 is 2.94. The smallest absolute Gasteiger partial charge is 0.191 e. The minimum atomic E-state index is 0.0520. The zero-order valence-electron chi connectivity index (χ0n) is 15.9. The summed E-state index contributed by atoms with van der Waals surface area (Å²) >= 11 is 18.5. The minimum absolute atomic E-state index is 0.0520. The van der Waals surface area contributed by atoms with Gasteiger partial charge in [-0.05, 0) is 29.8 Å². The molecule has 0 aliphatic heterocycles. The molecule has 0 aliphatic rings. The quantitative estimate of drug-likeness (QED) is 0.158. The van der Waals surface area contributed by atoms with E-state index in [1.807, 2.05) is 41.0 Å². The molecule has 4 nitrogen and oxygen atoms in total. The van der Waals surface area contributed by atoms with E-state index in [2.05, 4.69) is 32.7 Å². The molecular formula is C21H18BrCl2N3OS2. The lowest BCUT2D eigenvalue weighted by molar-refractivity contribution is 0.102. The molecule has 30 heavy (non-hydrogen) atoms. The van der Waals surface area contributed by atoms with E-state index < -0.39 is 0 Å². The average Bonchev–Trinajstić information content (AvgIpc) is 3.11. The number of benzene rings is 2. The van der Waals surface area contributed by atoms with Crippen LogP contribution in [0.1, 0.15) is 21.7 Å². The molecule has 0 saturated heterocycles. The van der Waals surface area contributed by atoms with Crippen molar-refractivity contribution < 1.29 is 4.79 Å². The predicted molar refractivity (Wildman–Crippen MR) is 131 cm³/mol. The van der Waals surface area contributed by atoms with E-state index in [9.17, 15) is 4.79 Å². The summed E-state index contributed by atoms with van der Waals surface area (Å²) in [5.74, 6) is 2.66. The van der Waals surface area contributed by atoms with Crippen molar-refractivity contribution in [2.45, 2.75) is 23.2 Å². The maximum Gasteiger partial charge on any atom is 0.191 e. The average molecular weight is 543 g/mol. The maximum atomic E-state index is 12.4. The second-order valence-corrected chi connectivity index (χ2v) is 9.92. The monoisotopic (exact) mass is 541 g/mol. The molecule has 0 atom stereocenters. The van der Waals surface area contributed by atoms with E-state index in [1.165, 1.54) is 11.8 Å². The van der Waals surface area contributed by atoms with Crippen LogP contribution in [-0.2, 0) is 18.1 Å². The number of Topliss-reactive ketones (excluding diaryl/α,β-unsaturated/α-hetero) is 1. The molecule has 0 saturated carbocycles. The van der Waals surface area contributed by atoms with Crippen molar-refractivity contribution in [2.24, 2.45) is 0 Å². The van der Waals surface area contributed by atoms with Crippen LogP contribution in [0.5, 0.6) is 0 Å². The molecule has 0 fully saturated rings. The van der Waals surface area contributed by atoms with Crippen LogP contribution in [-0.4, -0.2) is 26.3 Å². The number of nitrogens with zero attached hydrogens (tertiary/aromatic N) is 3. The standard InChI is InChI=1S/C21H18BrCl2N3OS2/c1-2-9-27-20(13-29-11-14-3-8-17(23)18(24)10-14)25-26-21(27)30-12-19(28)15-4-6-16(22)7-5-15/h2-8,10H,1,9,11-13H2. The van der Waals surface area contributed by atoms with Gasteiger partial charge in [-0.1, -0.05) is 75.2 Å². The Morgan fingerprint density at radius 1 is 1.10 bits per heavy atom. The molecular weight excluding hydrogens is 525 g/mol. The van der Waals surface area contributed by atoms with Crippen LogP contribution in [0.2, 0.25) is 10.0 Å². The fraction of sp³-hybridized carbons (Fsp3) is 0.190. The molecule has 0 N–H and O–H groups in total. The van der Waals surface area contributed by atoms with E-state index in [-0.39, 0.29) is 5.78 Å². The molecule has 1 heterocycles. The Balaban J connectivity index is 1.61. The van der Waals surface area contributed by atoms with Crippen molar-refractivity contribution in [1.29, 1.82) is 0 Å². The molecule has 156 valence electrons. The Morgan fingerprint density at radius 2 is 1.87 bits per heavy atom. The Kier molecular flexibility index (Phi) is 8.89. The van der Waals surface area contributed by atoms with Gasteiger partial charge >= 0.3 is 0 Å². The maximum absolute atomic E-state index is 12.4. The Hall–Kier alpha value is -1.25. The highest BCUT2D eigenvalue weighted by Gasteiger charge is 2.14. The van der Waals surface area contributed by atoms with Crippen LogP contribution in [0.15, 0.2) is 64.7 Å². The van der Waals surface area contributed by atoms with Gasteiger partial charge in [-0.25, -0.2) is 0 Å². The van der Waals surface area contributed by atoms with E-state index >= 15 is 0 Å². The molecule has 0 spiro atoms. The highest BCUT2D eigenvalue weighted by molar-refractivity contribution is 9.10. The van der Waals surface area contributed by atoms with Gasteiger partial charge in [0.15, 0.2) is 10.9 Å². The fourth-order valence-corrected chi connectivity index (χ4v) is 4.94.